The molecule has 0 atom stereocenters. The Balaban J connectivity index is 1.56. The number of hydrogen-bond donors (Lipinski definition) is 0. The topological polar surface area (TPSA) is 35.5 Å². The zero-order chi connectivity index (χ0) is 19.1. The average molecular weight is 358 g/mol. The predicted octanol–water partition coefficient (Wildman–Crippen LogP) is 5.50. The highest BCUT2D eigenvalue weighted by atomic mass is 16.5. The van der Waals surface area contributed by atoms with Gasteiger partial charge in [0.05, 0.1) is 0 Å². The molecule has 3 nitrogen and oxygen atoms in total. The fourth-order valence-corrected chi connectivity index (χ4v) is 2.68. The van der Waals surface area contributed by atoms with Crippen LogP contribution in [-0.2, 0) is 11.4 Å². The van der Waals surface area contributed by atoms with Crippen molar-refractivity contribution in [3.63, 3.8) is 0 Å². The first-order chi connectivity index (χ1) is 13.1. The van der Waals surface area contributed by atoms with E-state index < -0.39 is 5.97 Å². The number of carbonyl (C=O) groups excluding carboxylic acids is 1. The molecule has 3 aromatic carbocycles. The van der Waals surface area contributed by atoms with Crippen LogP contribution in [0.15, 0.2) is 78.9 Å². The summed E-state index contributed by atoms with van der Waals surface area (Å²) in [6.45, 7) is 4.37. The third-order valence-electron chi connectivity index (χ3n) is 4.15. The summed E-state index contributed by atoms with van der Waals surface area (Å²) in [5.74, 6) is 1.02. The monoisotopic (exact) mass is 358 g/mol. The molecule has 27 heavy (non-hydrogen) atoms. The number of benzene rings is 3. The fourth-order valence-electron chi connectivity index (χ4n) is 2.68. The van der Waals surface area contributed by atoms with Gasteiger partial charge >= 0.3 is 5.97 Å². The first-order valence-corrected chi connectivity index (χ1v) is 8.85. The maximum absolute atomic E-state index is 12.1. The molecule has 0 spiro atoms. The van der Waals surface area contributed by atoms with Crippen LogP contribution >= 0.6 is 0 Å². The van der Waals surface area contributed by atoms with Gasteiger partial charge in [0, 0.05) is 6.08 Å². The van der Waals surface area contributed by atoms with Gasteiger partial charge < -0.3 is 9.47 Å². The van der Waals surface area contributed by atoms with Crippen molar-refractivity contribution in [2.24, 2.45) is 0 Å². The van der Waals surface area contributed by atoms with E-state index in [1.807, 2.05) is 86.6 Å². The summed E-state index contributed by atoms with van der Waals surface area (Å²) < 4.78 is 11.2. The maximum Gasteiger partial charge on any atom is 0.336 e. The van der Waals surface area contributed by atoms with Crippen molar-refractivity contribution >= 4 is 12.0 Å². The van der Waals surface area contributed by atoms with Gasteiger partial charge in [0.1, 0.15) is 18.1 Å². The lowest BCUT2D eigenvalue weighted by atomic mass is 10.1. The van der Waals surface area contributed by atoms with Gasteiger partial charge in [-0.05, 0) is 54.3 Å². The van der Waals surface area contributed by atoms with Crippen molar-refractivity contribution in [1.82, 2.24) is 0 Å². The Labute approximate surface area is 159 Å². The van der Waals surface area contributed by atoms with Gasteiger partial charge in [-0.1, -0.05) is 60.7 Å². The highest BCUT2D eigenvalue weighted by molar-refractivity contribution is 5.89. The molecule has 0 bridgehead atoms. The standard InChI is InChI=1S/C24H22O3/c1-18-7-6-8-19(2)24(18)27-23(25)16-13-20-11-14-22(15-12-20)26-17-21-9-4-3-5-10-21/h3-16H,17H2,1-2H3/b16-13+. The number of hydrogen-bond acceptors (Lipinski definition) is 3. The summed E-state index contributed by atoms with van der Waals surface area (Å²) in [7, 11) is 0. The van der Waals surface area contributed by atoms with E-state index in [9.17, 15) is 4.79 Å². The highest BCUT2D eigenvalue weighted by Crippen LogP contribution is 2.22. The SMILES string of the molecule is Cc1cccc(C)c1OC(=O)/C=C/c1ccc(OCc2ccccc2)cc1. The van der Waals surface area contributed by atoms with Crippen LogP contribution in [0.1, 0.15) is 22.3 Å². The lowest BCUT2D eigenvalue weighted by Gasteiger charge is -2.08. The number of rotatable bonds is 6. The van der Waals surface area contributed by atoms with E-state index in [-0.39, 0.29) is 0 Å². The summed E-state index contributed by atoms with van der Waals surface area (Å²) in [5.41, 5.74) is 3.91. The van der Waals surface area contributed by atoms with Crippen LogP contribution in [0.4, 0.5) is 0 Å². The summed E-state index contributed by atoms with van der Waals surface area (Å²) in [6.07, 6.45) is 3.17. The predicted molar refractivity (Wildman–Crippen MR) is 108 cm³/mol. The smallest absolute Gasteiger partial charge is 0.336 e. The molecule has 3 aromatic rings. The minimum atomic E-state index is -0.392. The van der Waals surface area contributed by atoms with Crippen molar-refractivity contribution in [2.45, 2.75) is 20.5 Å². The summed E-state index contributed by atoms with van der Waals surface area (Å²) >= 11 is 0. The molecule has 0 radical (unpaired) electrons. The molecule has 0 aromatic heterocycles. The fraction of sp³-hybridized carbons (Fsp3) is 0.125. The molecule has 0 aliphatic rings. The third kappa shape index (κ3) is 5.32. The second-order valence-electron chi connectivity index (χ2n) is 6.32. The van der Waals surface area contributed by atoms with E-state index in [2.05, 4.69) is 0 Å². The minimum absolute atomic E-state index is 0.392. The number of para-hydroxylation sites is 1. The van der Waals surface area contributed by atoms with Gasteiger partial charge in [0.2, 0.25) is 0 Å². The Morgan fingerprint density at radius 3 is 2.19 bits per heavy atom. The molecule has 0 amide bonds. The van der Waals surface area contributed by atoms with Gasteiger partial charge in [-0.25, -0.2) is 4.79 Å². The van der Waals surface area contributed by atoms with E-state index >= 15 is 0 Å². The van der Waals surface area contributed by atoms with Gasteiger partial charge in [-0.15, -0.1) is 0 Å². The number of aryl methyl sites for hydroxylation is 2. The first-order valence-electron chi connectivity index (χ1n) is 8.85. The van der Waals surface area contributed by atoms with Crippen LogP contribution in [0.3, 0.4) is 0 Å². The number of carbonyl (C=O) groups is 1. The molecule has 0 saturated heterocycles. The van der Waals surface area contributed by atoms with Crippen molar-refractivity contribution in [1.29, 1.82) is 0 Å². The molecule has 0 aliphatic heterocycles. The molecule has 0 heterocycles. The van der Waals surface area contributed by atoms with Crippen LogP contribution in [0.2, 0.25) is 0 Å². The van der Waals surface area contributed by atoms with Crippen LogP contribution in [-0.4, -0.2) is 5.97 Å². The summed E-state index contributed by atoms with van der Waals surface area (Å²) in [6, 6.07) is 23.4. The molecular formula is C24H22O3. The number of esters is 1. The summed E-state index contributed by atoms with van der Waals surface area (Å²) in [4.78, 5) is 12.1. The van der Waals surface area contributed by atoms with E-state index in [1.54, 1.807) is 6.08 Å². The Hall–Kier alpha value is -3.33. The number of ether oxygens (including phenoxy) is 2. The molecule has 3 rings (SSSR count). The van der Waals surface area contributed by atoms with Gasteiger partial charge in [0.15, 0.2) is 0 Å². The zero-order valence-corrected chi connectivity index (χ0v) is 15.5. The molecule has 0 aliphatic carbocycles. The first kappa shape index (κ1) is 18.5. The lowest BCUT2D eigenvalue weighted by Crippen LogP contribution is -2.06. The molecule has 3 heteroatoms. The molecule has 0 saturated carbocycles. The average Bonchev–Trinajstić information content (AvgIpc) is 2.69. The largest absolute Gasteiger partial charge is 0.489 e. The van der Waals surface area contributed by atoms with E-state index in [1.165, 1.54) is 6.08 Å². The van der Waals surface area contributed by atoms with Crippen molar-refractivity contribution < 1.29 is 14.3 Å². The second kappa shape index (κ2) is 8.86. The Bertz CT molecular complexity index is 905. The normalized spacial score (nSPS) is 10.7. The maximum atomic E-state index is 12.1. The molecule has 136 valence electrons. The zero-order valence-electron chi connectivity index (χ0n) is 15.5. The second-order valence-corrected chi connectivity index (χ2v) is 6.32. The Kier molecular flexibility index (Phi) is 6.06. The van der Waals surface area contributed by atoms with Gasteiger partial charge in [-0.2, -0.15) is 0 Å². The van der Waals surface area contributed by atoms with Crippen molar-refractivity contribution in [2.75, 3.05) is 0 Å². The highest BCUT2D eigenvalue weighted by Gasteiger charge is 2.07. The van der Waals surface area contributed by atoms with Gasteiger partial charge in [-0.3, -0.25) is 0 Å². The minimum Gasteiger partial charge on any atom is -0.489 e. The van der Waals surface area contributed by atoms with Crippen molar-refractivity contribution in [3.8, 4) is 11.5 Å². The van der Waals surface area contributed by atoms with Crippen LogP contribution in [0, 0.1) is 13.8 Å². The Morgan fingerprint density at radius 2 is 1.52 bits per heavy atom. The third-order valence-corrected chi connectivity index (χ3v) is 4.15. The van der Waals surface area contributed by atoms with Crippen LogP contribution in [0.25, 0.3) is 6.08 Å². The van der Waals surface area contributed by atoms with E-state index in [0.717, 1.165) is 28.0 Å². The molecule has 0 fully saturated rings. The quantitative estimate of drug-likeness (QED) is 0.331. The van der Waals surface area contributed by atoms with Gasteiger partial charge in [0.25, 0.3) is 0 Å². The molecule has 0 N–H and O–H groups in total. The van der Waals surface area contributed by atoms with E-state index in [0.29, 0.717) is 12.4 Å². The molecule has 0 unspecified atom stereocenters. The van der Waals surface area contributed by atoms with E-state index in [4.69, 9.17) is 9.47 Å². The van der Waals surface area contributed by atoms with Crippen LogP contribution < -0.4 is 9.47 Å². The summed E-state index contributed by atoms with van der Waals surface area (Å²) in [5, 5.41) is 0. The Morgan fingerprint density at radius 1 is 0.852 bits per heavy atom. The van der Waals surface area contributed by atoms with Crippen LogP contribution in [0.5, 0.6) is 11.5 Å². The molecular weight excluding hydrogens is 336 g/mol. The lowest BCUT2D eigenvalue weighted by molar-refractivity contribution is -0.129. The van der Waals surface area contributed by atoms with Crippen molar-refractivity contribution in [3.05, 3.63) is 101 Å².